The van der Waals surface area contributed by atoms with Crippen molar-refractivity contribution in [2.75, 3.05) is 42.3 Å². The van der Waals surface area contributed by atoms with Crippen LogP contribution >= 0.6 is 0 Å². The van der Waals surface area contributed by atoms with Crippen molar-refractivity contribution in [3.63, 3.8) is 0 Å². The summed E-state index contributed by atoms with van der Waals surface area (Å²) in [7, 11) is -0.868. The van der Waals surface area contributed by atoms with Crippen LogP contribution in [0.5, 0.6) is 0 Å². The molecule has 5 N–H and O–H groups in total. The zero-order chi connectivity index (χ0) is 31.9. The van der Waals surface area contributed by atoms with E-state index < -0.39 is 50.4 Å². The van der Waals surface area contributed by atoms with E-state index in [0.717, 1.165) is 29.3 Å². The van der Waals surface area contributed by atoms with Gasteiger partial charge in [0.25, 0.3) is 5.91 Å². The second-order valence-electron chi connectivity index (χ2n) is 10.9. The Hall–Kier alpha value is -4.57. The first-order chi connectivity index (χ1) is 20.8. The van der Waals surface area contributed by atoms with Gasteiger partial charge in [-0.25, -0.2) is 22.0 Å². The Bertz CT molecular complexity index is 1740. The first-order valence-electron chi connectivity index (χ1n) is 13.8. The van der Waals surface area contributed by atoms with Crippen LogP contribution in [0.25, 0.3) is 0 Å². The number of aromatic nitrogens is 2. The number of carboxylic acids is 1. The molecule has 1 fully saturated rings. The first-order valence-corrected chi connectivity index (χ1v) is 15.2. The molecule has 0 spiro atoms. The molecule has 3 heterocycles. The summed E-state index contributed by atoms with van der Waals surface area (Å²) in [5.74, 6) is -4.77. The summed E-state index contributed by atoms with van der Waals surface area (Å²) in [4.78, 5) is 41.1. The number of sulfonamides is 1. The maximum atomic E-state index is 13.8. The van der Waals surface area contributed by atoms with Crippen LogP contribution in [0.15, 0.2) is 35.2 Å². The molecule has 2 aliphatic rings. The summed E-state index contributed by atoms with van der Waals surface area (Å²) in [5.41, 5.74) is 7.23. The normalized spacial score (nSPS) is 17.2. The maximum absolute atomic E-state index is 13.8. The number of primary amides is 1. The molecule has 0 aliphatic carbocycles. The summed E-state index contributed by atoms with van der Waals surface area (Å²) in [6.45, 7) is 0.148. The lowest BCUT2D eigenvalue weighted by atomic mass is 9.97. The summed E-state index contributed by atoms with van der Waals surface area (Å²) in [6, 6.07) is 4.05. The lowest BCUT2D eigenvalue weighted by molar-refractivity contribution is -0.139. The number of aromatic amines is 1. The number of carbonyl (C=O) groups excluding carboxylic acids is 2. The Balaban J connectivity index is 1.49. The SMILES string of the molecule is CN(C)c1cc(C(N)=O)c(C(=O)Nc2n[nH]c3c2CN(S(=O)(=O)c2cc(F)cc(F)c2)CC3)cc1N1CCCCC1C(=O)O. The van der Waals surface area contributed by atoms with E-state index in [1.807, 2.05) is 0 Å². The van der Waals surface area contributed by atoms with Gasteiger partial charge in [-0.3, -0.25) is 14.7 Å². The number of nitrogens with one attached hydrogen (secondary N) is 2. The number of carboxylic acid groups (broad SMARTS) is 1. The number of rotatable bonds is 8. The number of H-pyrrole nitrogens is 1. The van der Waals surface area contributed by atoms with E-state index in [-0.39, 0.29) is 36.5 Å². The quantitative estimate of drug-likeness (QED) is 0.290. The molecule has 1 saturated heterocycles. The van der Waals surface area contributed by atoms with Crippen molar-refractivity contribution >= 4 is 45.0 Å². The van der Waals surface area contributed by atoms with E-state index in [4.69, 9.17) is 5.73 Å². The van der Waals surface area contributed by atoms with Crippen LogP contribution in [0.1, 0.15) is 51.2 Å². The lowest BCUT2D eigenvalue weighted by Gasteiger charge is -2.37. The number of amides is 2. The summed E-state index contributed by atoms with van der Waals surface area (Å²) in [6.07, 6.45) is 2.04. The second kappa shape index (κ2) is 11.8. The average molecular weight is 632 g/mol. The van der Waals surface area contributed by atoms with E-state index in [2.05, 4.69) is 15.5 Å². The third-order valence-corrected chi connectivity index (χ3v) is 9.63. The van der Waals surface area contributed by atoms with Crippen LogP contribution in [0.3, 0.4) is 0 Å². The summed E-state index contributed by atoms with van der Waals surface area (Å²) in [5, 5.41) is 19.4. The molecule has 234 valence electrons. The molecule has 0 bridgehead atoms. The van der Waals surface area contributed by atoms with E-state index >= 15 is 0 Å². The second-order valence-corrected chi connectivity index (χ2v) is 12.8. The molecule has 16 heteroatoms. The highest BCUT2D eigenvalue weighted by Crippen LogP contribution is 2.36. The molecule has 1 atom stereocenters. The van der Waals surface area contributed by atoms with Crippen molar-refractivity contribution in [3.05, 3.63) is 64.4 Å². The number of carbonyl (C=O) groups is 3. The minimum Gasteiger partial charge on any atom is -0.480 e. The number of hydrogen-bond acceptors (Lipinski definition) is 8. The number of nitrogens with zero attached hydrogens (tertiary/aromatic N) is 4. The van der Waals surface area contributed by atoms with Crippen LogP contribution in [0.4, 0.5) is 26.0 Å². The fraction of sp³-hybridized carbons (Fsp3) is 0.357. The third kappa shape index (κ3) is 5.81. The van der Waals surface area contributed by atoms with Gasteiger partial charge in [-0.2, -0.15) is 9.40 Å². The topological polar surface area (TPSA) is 182 Å². The van der Waals surface area contributed by atoms with Crippen LogP contribution < -0.4 is 20.9 Å². The highest BCUT2D eigenvalue weighted by atomic mass is 32.2. The van der Waals surface area contributed by atoms with Gasteiger partial charge in [0.05, 0.1) is 27.4 Å². The highest BCUT2D eigenvalue weighted by molar-refractivity contribution is 7.89. The summed E-state index contributed by atoms with van der Waals surface area (Å²) < 4.78 is 55.1. The lowest BCUT2D eigenvalue weighted by Crippen LogP contribution is -2.45. The van der Waals surface area contributed by atoms with Gasteiger partial charge in [0.15, 0.2) is 5.82 Å². The molecule has 5 rings (SSSR count). The summed E-state index contributed by atoms with van der Waals surface area (Å²) >= 11 is 0. The Morgan fingerprint density at radius 1 is 1.07 bits per heavy atom. The number of hydrogen-bond donors (Lipinski definition) is 4. The van der Waals surface area contributed by atoms with E-state index in [0.29, 0.717) is 41.7 Å². The molecule has 0 saturated carbocycles. The van der Waals surface area contributed by atoms with E-state index in [1.54, 1.807) is 23.9 Å². The fourth-order valence-corrected chi connectivity index (χ4v) is 7.07. The Kier molecular flexibility index (Phi) is 8.31. The van der Waals surface area contributed by atoms with Crippen molar-refractivity contribution in [1.29, 1.82) is 0 Å². The van der Waals surface area contributed by atoms with Gasteiger partial charge in [-0.05, 0) is 43.5 Å². The van der Waals surface area contributed by atoms with Gasteiger partial charge in [0, 0.05) is 57.5 Å². The predicted octanol–water partition coefficient (Wildman–Crippen LogP) is 2.30. The van der Waals surface area contributed by atoms with Crippen LogP contribution in [0, 0.1) is 11.6 Å². The number of aliphatic carboxylic acids is 1. The maximum Gasteiger partial charge on any atom is 0.326 e. The highest BCUT2D eigenvalue weighted by Gasteiger charge is 2.34. The Morgan fingerprint density at radius 2 is 1.77 bits per heavy atom. The third-order valence-electron chi connectivity index (χ3n) is 7.81. The van der Waals surface area contributed by atoms with Crippen molar-refractivity contribution in [2.24, 2.45) is 5.73 Å². The van der Waals surface area contributed by atoms with Gasteiger partial charge >= 0.3 is 5.97 Å². The van der Waals surface area contributed by atoms with Crippen molar-refractivity contribution in [2.45, 2.75) is 43.2 Å². The number of fused-ring (bicyclic) bond motifs is 1. The molecule has 0 radical (unpaired) electrons. The minimum absolute atomic E-state index is 0.00892. The van der Waals surface area contributed by atoms with Gasteiger partial charge in [-0.15, -0.1) is 0 Å². The number of anilines is 3. The largest absolute Gasteiger partial charge is 0.480 e. The van der Waals surface area contributed by atoms with Gasteiger partial charge in [0.1, 0.15) is 17.7 Å². The Labute approximate surface area is 251 Å². The molecule has 2 aromatic carbocycles. The predicted molar refractivity (Wildman–Crippen MR) is 156 cm³/mol. The number of nitrogens with two attached hydrogens (primary N) is 1. The molecule has 2 amide bonds. The van der Waals surface area contributed by atoms with E-state index in [9.17, 15) is 36.7 Å². The minimum atomic E-state index is -4.31. The zero-order valence-corrected chi connectivity index (χ0v) is 24.7. The molecule has 3 aromatic rings. The van der Waals surface area contributed by atoms with Crippen LogP contribution in [-0.2, 0) is 27.8 Å². The molecule has 13 nitrogen and oxygen atoms in total. The molecular formula is C28H31F2N7O6S. The van der Waals surface area contributed by atoms with Crippen molar-refractivity contribution in [3.8, 4) is 0 Å². The Morgan fingerprint density at radius 3 is 2.41 bits per heavy atom. The molecule has 1 unspecified atom stereocenters. The van der Waals surface area contributed by atoms with Crippen molar-refractivity contribution in [1.82, 2.24) is 14.5 Å². The number of halogens is 2. The zero-order valence-electron chi connectivity index (χ0n) is 23.9. The molecule has 44 heavy (non-hydrogen) atoms. The van der Waals surface area contributed by atoms with Gasteiger partial charge in [-0.1, -0.05) is 0 Å². The average Bonchev–Trinajstić information content (AvgIpc) is 3.37. The molecule has 1 aromatic heterocycles. The number of piperidine rings is 1. The smallest absolute Gasteiger partial charge is 0.326 e. The fourth-order valence-electron chi connectivity index (χ4n) is 5.61. The van der Waals surface area contributed by atoms with Crippen LogP contribution in [-0.4, -0.2) is 79.0 Å². The molecule has 2 aliphatic heterocycles. The van der Waals surface area contributed by atoms with Gasteiger partial charge < -0.3 is 26.0 Å². The first kappa shape index (κ1) is 30.9. The van der Waals surface area contributed by atoms with Crippen molar-refractivity contribution < 1.29 is 36.7 Å². The number of benzene rings is 2. The van der Waals surface area contributed by atoms with E-state index in [1.165, 1.54) is 12.1 Å². The van der Waals surface area contributed by atoms with Gasteiger partial charge in [0.2, 0.25) is 15.9 Å². The standard InChI is InChI=1S/C28H31F2N7O6S/c1-35(2)23-12-18(25(31)38)19(13-24(23)37-7-4-3-5-22(37)28(40)41)27(39)32-26-20-14-36(8-6-21(20)33-34-26)44(42,43)17-10-15(29)9-16(30)11-17/h9-13,22H,3-8,14H2,1-2H3,(H2,31,38)(H,40,41)(H2,32,33,34,39). The monoisotopic (exact) mass is 631 g/mol. The molecular weight excluding hydrogens is 600 g/mol. The van der Waals surface area contributed by atoms with Crippen LogP contribution in [0.2, 0.25) is 0 Å².